The zero-order chi connectivity index (χ0) is 15.5. The van der Waals surface area contributed by atoms with Gasteiger partial charge in [0.1, 0.15) is 0 Å². The zero-order valence-corrected chi connectivity index (χ0v) is 12.8. The molecular weight excluding hydrogens is 284 g/mol. The van der Waals surface area contributed by atoms with E-state index in [0.717, 1.165) is 13.1 Å². The van der Waals surface area contributed by atoms with E-state index in [2.05, 4.69) is 11.9 Å². The molecule has 2 heterocycles. The summed E-state index contributed by atoms with van der Waals surface area (Å²) in [7, 11) is 2.08. The third kappa shape index (κ3) is 3.34. The van der Waals surface area contributed by atoms with Crippen LogP contribution in [0, 0.1) is 5.92 Å². The highest BCUT2D eigenvalue weighted by atomic mass is 16.5. The van der Waals surface area contributed by atoms with Crippen LogP contribution in [0.3, 0.4) is 0 Å². The number of hydrogen-bond acceptors (Lipinski definition) is 5. The number of ether oxygens (including phenoxy) is 2. The number of carbonyl (C=O) groups excluding carboxylic acids is 1. The summed E-state index contributed by atoms with van der Waals surface area (Å²) >= 11 is 0. The van der Waals surface area contributed by atoms with E-state index in [-0.39, 0.29) is 24.3 Å². The molecule has 0 aliphatic carbocycles. The average Bonchev–Trinajstić information content (AvgIpc) is 2.76. The molecule has 0 spiro atoms. The Kier molecular flexibility index (Phi) is 4.49. The predicted molar refractivity (Wildman–Crippen MR) is 80.9 cm³/mol. The van der Waals surface area contributed by atoms with Gasteiger partial charge in [0.25, 0.3) is 5.91 Å². The molecule has 0 radical (unpaired) electrons. The lowest BCUT2D eigenvalue weighted by Gasteiger charge is -2.29. The highest BCUT2D eigenvalue weighted by Gasteiger charge is 2.34. The van der Waals surface area contributed by atoms with Crippen LogP contribution >= 0.6 is 0 Å². The lowest BCUT2D eigenvalue weighted by Crippen LogP contribution is -2.47. The Labute approximate surface area is 130 Å². The smallest absolute Gasteiger partial charge is 0.260 e. The quantitative estimate of drug-likeness (QED) is 0.884. The van der Waals surface area contributed by atoms with Crippen molar-refractivity contribution in [2.45, 2.75) is 6.04 Å². The van der Waals surface area contributed by atoms with Crippen LogP contribution in [0.1, 0.15) is 0 Å². The number of hydrogen-bond donors (Lipinski definition) is 1. The summed E-state index contributed by atoms with van der Waals surface area (Å²) in [5, 5.41) is 9.69. The molecule has 1 amide bonds. The second kappa shape index (κ2) is 6.54. The first kappa shape index (κ1) is 15.1. The minimum atomic E-state index is -0.0650. The number of nitrogens with zero attached hydrogens (tertiary/aromatic N) is 2. The Morgan fingerprint density at radius 3 is 2.95 bits per heavy atom. The number of para-hydroxylation sites is 2. The van der Waals surface area contributed by atoms with E-state index in [0.29, 0.717) is 31.4 Å². The van der Waals surface area contributed by atoms with Crippen molar-refractivity contribution in [3.63, 3.8) is 0 Å². The van der Waals surface area contributed by atoms with Crippen molar-refractivity contribution >= 4 is 5.91 Å². The highest BCUT2D eigenvalue weighted by molar-refractivity contribution is 5.78. The summed E-state index contributed by atoms with van der Waals surface area (Å²) in [5.41, 5.74) is 0. The Balaban J connectivity index is 1.65. The summed E-state index contributed by atoms with van der Waals surface area (Å²) in [5.74, 6) is 0.667. The van der Waals surface area contributed by atoms with E-state index in [1.807, 2.05) is 4.90 Å². The highest BCUT2D eigenvalue weighted by Crippen LogP contribution is 2.25. The maximum absolute atomic E-state index is 12.5. The van der Waals surface area contributed by atoms with Crippen LogP contribution in [0.5, 0.6) is 11.5 Å². The van der Waals surface area contributed by atoms with Crippen molar-refractivity contribution in [1.82, 2.24) is 9.80 Å². The molecule has 1 N–H and O–H groups in total. The SMILES string of the molecule is CN1C[C@@H]2COC[C@H](C1)N(C(=O)COc1ccccc1O)C2. The molecule has 2 bridgehead atoms. The molecular formula is C16H22N2O4. The van der Waals surface area contributed by atoms with Gasteiger partial charge in [-0.05, 0) is 19.2 Å². The molecule has 0 aromatic heterocycles. The van der Waals surface area contributed by atoms with Gasteiger partial charge in [0.2, 0.25) is 0 Å². The van der Waals surface area contributed by atoms with Gasteiger partial charge in [0, 0.05) is 25.6 Å². The molecule has 2 fully saturated rings. The number of carbonyl (C=O) groups is 1. The summed E-state index contributed by atoms with van der Waals surface area (Å²) < 4.78 is 11.1. The molecule has 2 atom stereocenters. The van der Waals surface area contributed by atoms with E-state index in [1.165, 1.54) is 0 Å². The van der Waals surface area contributed by atoms with Gasteiger partial charge < -0.3 is 24.4 Å². The third-order valence-electron chi connectivity index (χ3n) is 4.19. The number of rotatable bonds is 3. The van der Waals surface area contributed by atoms with Gasteiger partial charge in [0.15, 0.2) is 18.1 Å². The van der Waals surface area contributed by atoms with Crippen molar-refractivity contribution in [2.75, 3.05) is 46.5 Å². The first-order valence-electron chi connectivity index (χ1n) is 7.60. The van der Waals surface area contributed by atoms with E-state index >= 15 is 0 Å². The standard InChI is InChI=1S/C16H22N2O4/c1-17-6-12-7-18(13(8-17)10-21-9-12)16(20)11-22-15-5-3-2-4-14(15)19/h2-5,12-13,19H,6-11H2,1H3/t12-,13-/m0/s1. The fourth-order valence-corrected chi connectivity index (χ4v) is 3.18. The summed E-state index contributed by atoms with van der Waals surface area (Å²) in [4.78, 5) is 16.7. The predicted octanol–water partition coefficient (Wildman–Crippen LogP) is 0.560. The monoisotopic (exact) mass is 306 g/mol. The van der Waals surface area contributed by atoms with Crippen LogP contribution in [0.4, 0.5) is 0 Å². The second-order valence-corrected chi connectivity index (χ2v) is 6.08. The molecule has 2 aliphatic rings. The van der Waals surface area contributed by atoms with Crippen LogP contribution in [0.15, 0.2) is 24.3 Å². The molecule has 22 heavy (non-hydrogen) atoms. The van der Waals surface area contributed by atoms with Crippen molar-refractivity contribution < 1.29 is 19.4 Å². The largest absolute Gasteiger partial charge is 0.504 e. The number of aromatic hydroxyl groups is 1. The average molecular weight is 306 g/mol. The molecule has 3 rings (SSSR count). The van der Waals surface area contributed by atoms with Crippen LogP contribution in [0.2, 0.25) is 0 Å². The van der Waals surface area contributed by atoms with Crippen LogP contribution in [-0.2, 0) is 9.53 Å². The van der Waals surface area contributed by atoms with E-state index in [9.17, 15) is 9.90 Å². The zero-order valence-electron chi connectivity index (χ0n) is 12.8. The number of benzene rings is 1. The fourth-order valence-electron chi connectivity index (χ4n) is 3.18. The Hall–Kier alpha value is -1.79. The van der Waals surface area contributed by atoms with E-state index in [1.54, 1.807) is 24.3 Å². The number of likely N-dealkylation sites (N-methyl/N-ethyl adjacent to an activating group) is 1. The molecule has 6 nitrogen and oxygen atoms in total. The second-order valence-electron chi connectivity index (χ2n) is 6.08. The van der Waals surface area contributed by atoms with Gasteiger partial charge >= 0.3 is 0 Å². The summed E-state index contributed by atoms with van der Waals surface area (Å²) in [6.45, 7) is 3.68. The third-order valence-corrected chi connectivity index (χ3v) is 4.19. The summed E-state index contributed by atoms with van der Waals surface area (Å²) in [6, 6.07) is 6.75. The Bertz CT molecular complexity index is 537. The normalized spacial score (nSPS) is 25.6. The molecule has 120 valence electrons. The maximum Gasteiger partial charge on any atom is 0.260 e. The van der Waals surface area contributed by atoms with Gasteiger partial charge in [-0.2, -0.15) is 0 Å². The van der Waals surface area contributed by atoms with E-state index < -0.39 is 0 Å². The molecule has 2 aliphatic heterocycles. The van der Waals surface area contributed by atoms with Gasteiger partial charge in [0.05, 0.1) is 19.3 Å². The topological polar surface area (TPSA) is 62.2 Å². The van der Waals surface area contributed by atoms with Crippen molar-refractivity contribution in [2.24, 2.45) is 5.92 Å². The van der Waals surface area contributed by atoms with Gasteiger partial charge in [-0.3, -0.25) is 4.79 Å². The number of fused-ring (bicyclic) bond motifs is 3. The van der Waals surface area contributed by atoms with Crippen LogP contribution < -0.4 is 4.74 Å². The summed E-state index contributed by atoms with van der Waals surface area (Å²) in [6.07, 6.45) is 0. The maximum atomic E-state index is 12.5. The van der Waals surface area contributed by atoms with Crippen LogP contribution in [-0.4, -0.2) is 73.4 Å². The molecule has 1 aromatic carbocycles. The van der Waals surface area contributed by atoms with Gasteiger partial charge in [-0.25, -0.2) is 0 Å². The lowest BCUT2D eigenvalue weighted by atomic mass is 10.1. The van der Waals surface area contributed by atoms with Crippen molar-refractivity contribution in [3.05, 3.63) is 24.3 Å². The minimum Gasteiger partial charge on any atom is -0.504 e. The first-order chi connectivity index (χ1) is 10.6. The fraction of sp³-hybridized carbons (Fsp3) is 0.562. The number of phenolic OH excluding ortho intramolecular Hbond substituents is 1. The molecule has 0 unspecified atom stereocenters. The number of amides is 1. The molecule has 2 saturated heterocycles. The van der Waals surface area contributed by atoms with E-state index in [4.69, 9.17) is 9.47 Å². The first-order valence-corrected chi connectivity index (χ1v) is 7.60. The van der Waals surface area contributed by atoms with Crippen molar-refractivity contribution in [3.8, 4) is 11.5 Å². The molecule has 0 saturated carbocycles. The molecule has 6 heteroatoms. The molecule has 1 aromatic rings. The van der Waals surface area contributed by atoms with Crippen LogP contribution in [0.25, 0.3) is 0 Å². The Morgan fingerprint density at radius 1 is 1.32 bits per heavy atom. The minimum absolute atomic E-state index is 0.0491. The van der Waals surface area contributed by atoms with Gasteiger partial charge in [-0.1, -0.05) is 12.1 Å². The van der Waals surface area contributed by atoms with Gasteiger partial charge in [-0.15, -0.1) is 0 Å². The number of phenols is 1. The lowest BCUT2D eigenvalue weighted by molar-refractivity contribution is -0.136. The Morgan fingerprint density at radius 2 is 2.14 bits per heavy atom. The van der Waals surface area contributed by atoms with Crippen molar-refractivity contribution in [1.29, 1.82) is 0 Å².